The van der Waals surface area contributed by atoms with E-state index in [0.717, 1.165) is 21.3 Å². The summed E-state index contributed by atoms with van der Waals surface area (Å²) < 4.78 is 36.3. The number of thiol groups is 1. The highest BCUT2D eigenvalue weighted by Crippen LogP contribution is 2.24. The molecule has 1 aromatic heterocycles. The highest BCUT2D eigenvalue weighted by atomic mass is 32.1. The number of ether oxygens (including phenoxy) is 1. The molecule has 0 saturated carbocycles. The number of hydrogen-bond acceptors (Lipinski definition) is 15. The average molecular weight is 1080 g/mol. The van der Waals surface area contributed by atoms with Crippen LogP contribution in [0.5, 0.6) is 0 Å². The molecule has 26 heteroatoms. The molecule has 11 N–H and O–H groups in total. The number of aromatic nitrogens is 2. The minimum atomic E-state index is -1.63. The Kier molecular flexibility index (Phi) is 23.2. The topological polar surface area (TPSA) is 368 Å². The van der Waals surface area contributed by atoms with Crippen molar-refractivity contribution in [1.29, 1.82) is 0 Å². The van der Waals surface area contributed by atoms with Gasteiger partial charge >= 0.3 is 23.6 Å². The SMILES string of the molecule is Cc1c(-c2cccc(CCC(=O)C[C@@H](CCC(=O)N[C@H](CCC(=O)NC[C@H](N)C(=O)N[C@@H](COC=O)C(=O)N[C@@H](CS)C(=O)O)C(=O)O)C(=O)O)c2)c(=O)n(C[C@H](N)c2ccccc2)c(=O)n1Cc1c(F)cccc1F. The highest BCUT2D eigenvalue weighted by Gasteiger charge is 2.30. The molecule has 0 spiro atoms. The minimum Gasteiger partial charge on any atom is -0.481 e. The van der Waals surface area contributed by atoms with Crippen LogP contribution in [0.4, 0.5) is 8.78 Å². The maximum atomic E-state index is 14.9. The summed E-state index contributed by atoms with van der Waals surface area (Å²) in [6, 6.07) is 11.4. The first-order chi connectivity index (χ1) is 36.1. The third-order valence-corrected chi connectivity index (χ3v) is 12.4. The molecule has 6 atom stereocenters. The molecule has 0 saturated heterocycles. The van der Waals surface area contributed by atoms with Crippen LogP contribution in [0.25, 0.3) is 11.1 Å². The van der Waals surface area contributed by atoms with Crippen LogP contribution in [0.2, 0.25) is 0 Å². The summed E-state index contributed by atoms with van der Waals surface area (Å²) in [5.74, 6) is -12.1. The number of nitrogens with one attached hydrogen (secondary N) is 4. The summed E-state index contributed by atoms with van der Waals surface area (Å²) in [6.07, 6.45) is -2.50. The van der Waals surface area contributed by atoms with E-state index in [2.05, 4.69) is 38.6 Å². The van der Waals surface area contributed by atoms with Gasteiger partial charge in [0.05, 0.1) is 24.6 Å². The van der Waals surface area contributed by atoms with Crippen molar-refractivity contribution in [3.8, 4) is 11.1 Å². The van der Waals surface area contributed by atoms with Gasteiger partial charge in [-0.15, -0.1) is 0 Å². The number of carbonyl (C=O) groups excluding carboxylic acids is 6. The number of carboxylic acids is 3. The molecule has 3 aromatic carbocycles. The minimum absolute atomic E-state index is 0.0229. The third kappa shape index (κ3) is 17.5. The van der Waals surface area contributed by atoms with Crippen LogP contribution in [0, 0.1) is 24.5 Å². The molecule has 408 valence electrons. The van der Waals surface area contributed by atoms with Gasteiger partial charge in [-0.05, 0) is 55.0 Å². The van der Waals surface area contributed by atoms with Crippen LogP contribution in [0.15, 0.2) is 82.4 Å². The summed E-state index contributed by atoms with van der Waals surface area (Å²) in [7, 11) is 0. The van der Waals surface area contributed by atoms with Gasteiger partial charge in [0, 0.05) is 55.3 Å². The van der Waals surface area contributed by atoms with Gasteiger partial charge in [-0.25, -0.2) is 23.2 Å². The van der Waals surface area contributed by atoms with E-state index in [1.807, 2.05) is 0 Å². The lowest BCUT2D eigenvalue weighted by Gasteiger charge is -2.22. The smallest absolute Gasteiger partial charge is 0.331 e. The van der Waals surface area contributed by atoms with Crippen molar-refractivity contribution < 1.29 is 72.0 Å². The van der Waals surface area contributed by atoms with E-state index in [9.17, 15) is 71.7 Å². The molecule has 4 amide bonds. The van der Waals surface area contributed by atoms with E-state index in [-0.39, 0.29) is 49.3 Å². The summed E-state index contributed by atoms with van der Waals surface area (Å²) in [4.78, 5) is 138. The number of carbonyl (C=O) groups is 9. The molecule has 76 heavy (non-hydrogen) atoms. The fraction of sp³-hybridized carbons (Fsp3) is 0.380. The zero-order valence-electron chi connectivity index (χ0n) is 40.9. The Hall–Kier alpha value is -8.10. The fourth-order valence-corrected chi connectivity index (χ4v) is 7.99. The lowest BCUT2D eigenvalue weighted by Crippen LogP contribution is -2.57. The molecule has 0 fully saturated rings. The molecule has 0 bridgehead atoms. The first-order valence-electron chi connectivity index (χ1n) is 23.5. The molecule has 0 aliphatic rings. The van der Waals surface area contributed by atoms with Crippen LogP contribution < -0.4 is 44.0 Å². The largest absolute Gasteiger partial charge is 0.481 e. The van der Waals surface area contributed by atoms with Crippen molar-refractivity contribution in [2.45, 2.75) is 95.2 Å². The van der Waals surface area contributed by atoms with Crippen molar-refractivity contribution in [3.05, 3.63) is 128 Å². The number of amides is 4. The molecule has 0 aliphatic heterocycles. The Bertz CT molecular complexity index is 2880. The number of aliphatic carboxylic acids is 3. The van der Waals surface area contributed by atoms with Crippen LogP contribution in [0.3, 0.4) is 0 Å². The number of carboxylic acid groups (broad SMARTS) is 3. The average Bonchev–Trinajstić information content (AvgIpc) is 3.39. The highest BCUT2D eigenvalue weighted by molar-refractivity contribution is 7.80. The fourth-order valence-electron chi connectivity index (χ4n) is 7.74. The number of benzene rings is 3. The van der Waals surface area contributed by atoms with Crippen molar-refractivity contribution in [2.24, 2.45) is 17.4 Å². The van der Waals surface area contributed by atoms with E-state index in [0.29, 0.717) is 16.7 Å². The van der Waals surface area contributed by atoms with Crippen LogP contribution in [-0.4, -0.2) is 121 Å². The summed E-state index contributed by atoms with van der Waals surface area (Å²) in [5.41, 5.74) is 11.8. The molecular formula is C50H58F2N8O15S. The van der Waals surface area contributed by atoms with E-state index in [1.54, 1.807) is 54.6 Å². The van der Waals surface area contributed by atoms with Crippen LogP contribution in [-0.2, 0) is 67.4 Å². The van der Waals surface area contributed by atoms with Gasteiger partial charge in [0.15, 0.2) is 0 Å². The molecule has 0 radical (unpaired) electrons. The monoisotopic (exact) mass is 1080 g/mol. The first kappa shape index (κ1) is 60.5. The second kappa shape index (κ2) is 29.1. The second-order valence-corrected chi connectivity index (χ2v) is 17.8. The maximum Gasteiger partial charge on any atom is 0.331 e. The number of ketones is 1. The number of Topliss-reactive ketones (excluding diaryl/α,β-unsaturated/α-hetero) is 1. The second-order valence-electron chi connectivity index (χ2n) is 17.5. The van der Waals surface area contributed by atoms with Gasteiger partial charge in [-0.1, -0.05) is 60.7 Å². The Morgan fingerprint density at radius 2 is 1.38 bits per heavy atom. The Labute approximate surface area is 437 Å². The number of nitrogens with zero attached hydrogens (tertiary/aromatic N) is 2. The van der Waals surface area contributed by atoms with Gasteiger partial charge in [0.2, 0.25) is 23.6 Å². The molecule has 0 aliphatic carbocycles. The van der Waals surface area contributed by atoms with Gasteiger partial charge < -0.3 is 52.8 Å². The molecule has 4 aromatic rings. The molecular weight excluding hydrogens is 1020 g/mol. The van der Waals surface area contributed by atoms with Crippen molar-refractivity contribution in [1.82, 2.24) is 30.4 Å². The van der Waals surface area contributed by atoms with Gasteiger partial charge in [0.25, 0.3) is 12.0 Å². The standard InChI is InChI=1S/C50H58F2N8O15S/c1-27-43(46(67)60(23-37(54)29-8-3-2-4-9-29)50(74)59(27)22-33-34(51)11-6-12-35(33)52)30-10-5-7-28(19-30)13-15-32(62)20-31(47(68)69)14-17-42(64)56-38(48(70)71)16-18-41(63)55-21-36(53)44(65)57-39(24-75-26-61)45(66)58-40(25-76)49(72)73/h2-12,19,26,31,36-40,76H,13-18,20-25,53-54H2,1H3,(H,55,63)(H,56,64)(H,57,65)(H,58,66)(H,68,69)(H,70,71)(H,72,73)/t31-,36+,37+,38-,39+,40+/m1/s1. The van der Waals surface area contributed by atoms with Crippen molar-refractivity contribution >= 4 is 66.4 Å². The lowest BCUT2D eigenvalue weighted by atomic mass is 9.93. The van der Waals surface area contributed by atoms with E-state index < -0.39 is 157 Å². The van der Waals surface area contributed by atoms with Crippen molar-refractivity contribution in [3.63, 3.8) is 0 Å². The zero-order chi connectivity index (χ0) is 56.2. The predicted molar refractivity (Wildman–Crippen MR) is 269 cm³/mol. The lowest BCUT2D eigenvalue weighted by molar-refractivity contribution is -0.145. The van der Waals surface area contributed by atoms with E-state index in [1.165, 1.54) is 13.0 Å². The van der Waals surface area contributed by atoms with Crippen LogP contribution in [0.1, 0.15) is 67.0 Å². The Balaban J connectivity index is 1.35. The van der Waals surface area contributed by atoms with Gasteiger partial charge in [-0.2, -0.15) is 12.6 Å². The molecule has 1 heterocycles. The molecule has 4 rings (SSSR count). The summed E-state index contributed by atoms with van der Waals surface area (Å²) >= 11 is 3.82. The Morgan fingerprint density at radius 3 is 2.00 bits per heavy atom. The molecule has 0 unspecified atom stereocenters. The number of rotatable bonds is 31. The zero-order valence-corrected chi connectivity index (χ0v) is 41.8. The predicted octanol–water partition coefficient (Wildman–Crippen LogP) is 0.335. The number of halogens is 2. The molecule has 23 nitrogen and oxygen atoms in total. The van der Waals surface area contributed by atoms with E-state index in [4.69, 9.17) is 16.6 Å². The first-order valence-corrected chi connectivity index (χ1v) is 24.1. The van der Waals surface area contributed by atoms with Gasteiger partial charge in [-0.3, -0.25) is 47.5 Å². The van der Waals surface area contributed by atoms with E-state index >= 15 is 0 Å². The third-order valence-electron chi connectivity index (χ3n) is 12.0. The van der Waals surface area contributed by atoms with Gasteiger partial charge in [0.1, 0.15) is 48.2 Å². The number of hydrogen-bond donors (Lipinski definition) is 10. The quantitative estimate of drug-likeness (QED) is 0.0240. The summed E-state index contributed by atoms with van der Waals surface area (Å²) in [5, 5.41) is 37.6. The normalized spacial score (nSPS) is 13.4. The summed E-state index contributed by atoms with van der Waals surface area (Å²) in [6.45, 7) is -0.651. The Morgan fingerprint density at radius 1 is 0.750 bits per heavy atom. The number of aryl methyl sites for hydroxylation is 1. The number of nitrogens with two attached hydrogens (primary N) is 2. The maximum absolute atomic E-state index is 14.9. The van der Waals surface area contributed by atoms with Crippen LogP contribution >= 0.6 is 12.6 Å². The van der Waals surface area contributed by atoms with Crippen molar-refractivity contribution in [2.75, 3.05) is 18.9 Å².